The van der Waals surface area contributed by atoms with Crippen LogP contribution >= 0.6 is 34.8 Å². The van der Waals surface area contributed by atoms with Crippen molar-refractivity contribution in [1.29, 1.82) is 0 Å². The lowest BCUT2D eigenvalue weighted by Crippen LogP contribution is -2.09. The van der Waals surface area contributed by atoms with E-state index in [-0.39, 0.29) is 39.8 Å². The first-order valence-electron chi connectivity index (χ1n) is 13.8. The van der Waals surface area contributed by atoms with E-state index < -0.39 is 0 Å². The van der Waals surface area contributed by atoms with Gasteiger partial charge in [0.15, 0.2) is 0 Å². The second-order valence-electron chi connectivity index (χ2n) is 9.33. The third-order valence-corrected chi connectivity index (χ3v) is 6.87. The molecule has 0 N–H and O–H groups in total. The van der Waals surface area contributed by atoms with Gasteiger partial charge in [-0.15, -0.1) is 6.58 Å². The molecule has 0 fully saturated rings. The average Bonchev–Trinajstić information content (AvgIpc) is 3.06. The number of hydrogen-bond donors (Lipinski definition) is 0. The highest BCUT2D eigenvalue weighted by Gasteiger charge is 2.19. The molecule has 5 rings (SSSR count). The van der Waals surface area contributed by atoms with Gasteiger partial charge in [0.2, 0.25) is 17.0 Å². The monoisotopic (exact) mass is 662 g/mol. The summed E-state index contributed by atoms with van der Waals surface area (Å²) in [5.41, 5.74) is 4.08. The molecule has 0 bridgehead atoms. The molecule has 0 aliphatic rings. The van der Waals surface area contributed by atoms with Gasteiger partial charge in [0.25, 0.3) is 0 Å². The van der Waals surface area contributed by atoms with Gasteiger partial charge in [0, 0.05) is 12.0 Å². The van der Waals surface area contributed by atoms with Crippen molar-refractivity contribution in [3.8, 4) is 17.8 Å². The summed E-state index contributed by atoms with van der Waals surface area (Å²) in [5.74, 6) is 0.541. The number of aldehydes is 1. The van der Waals surface area contributed by atoms with E-state index in [0.29, 0.717) is 37.4 Å². The molecule has 0 aliphatic carbocycles. The van der Waals surface area contributed by atoms with Crippen LogP contribution in [-0.2, 0) is 37.5 Å². The lowest BCUT2D eigenvalue weighted by atomic mass is 10.2. The smallest absolute Gasteiger partial charge is 0.323 e. The number of carbonyl (C=O) groups excluding carboxylic acids is 1. The molecular weight excluding hydrogens is 635 g/mol. The molecule has 45 heavy (non-hydrogen) atoms. The first-order valence-corrected chi connectivity index (χ1v) is 14.9. The van der Waals surface area contributed by atoms with Crippen LogP contribution in [0.4, 0.5) is 0 Å². The molecule has 0 atom stereocenters. The Morgan fingerprint density at radius 3 is 1.40 bits per heavy atom. The predicted molar refractivity (Wildman–Crippen MR) is 175 cm³/mol. The maximum Gasteiger partial charge on any atom is 0.323 e. The van der Waals surface area contributed by atoms with Crippen LogP contribution in [0.25, 0.3) is 0 Å². The first kappa shape index (κ1) is 33.4. The molecule has 0 spiro atoms. The van der Waals surface area contributed by atoms with Crippen molar-refractivity contribution in [3.63, 3.8) is 0 Å². The highest BCUT2D eigenvalue weighted by Crippen LogP contribution is 2.30. The van der Waals surface area contributed by atoms with Gasteiger partial charge in [-0.3, -0.25) is 0 Å². The fraction of sp³-hybridized carbons (Fsp3) is 0.147. The van der Waals surface area contributed by atoms with Crippen molar-refractivity contribution < 1.29 is 19.0 Å². The summed E-state index contributed by atoms with van der Waals surface area (Å²) in [4.78, 5) is 27.8. The van der Waals surface area contributed by atoms with Gasteiger partial charge in [0.05, 0.1) is 5.56 Å². The van der Waals surface area contributed by atoms with Crippen LogP contribution in [0, 0.1) is 0 Å². The number of aromatic nitrogens is 4. The van der Waals surface area contributed by atoms with E-state index in [0.717, 1.165) is 23.0 Å². The Kier molecular flexibility index (Phi) is 13.1. The molecule has 0 saturated carbocycles. The minimum atomic E-state index is 0.0535. The van der Waals surface area contributed by atoms with Gasteiger partial charge in [0.1, 0.15) is 36.4 Å². The second-order valence-corrected chi connectivity index (χ2v) is 10.4. The van der Waals surface area contributed by atoms with E-state index in [4.69, 9.17) is 49.0 Å². The normalized spacial score (nSPS) is 10.3. The van der Waals surface area contributed by atoms with Gasteiger partial charge >= 0.3 is 6.01 Å². The van der Waals surface area contributed by atoms with Crippen LogP contribution in [0.2, 0.25) is 15.6 Å². The molecule has 5 aromatic rings. The number of ether oxygens (including phenoxy) is 3. The first-order chi connectivity index (χ1) is 22.0. The molecule has 8 nitrogen and oxygen atoms in total. The SMILES string of the molecule is C=CCc1c(Cl)nc(Cl)nc1Cl.O=CCc1c(OCc2ccccc2)nc(OCc2ccccc2)nc1OCc1ccccc1. The van der Waals surface area contributed by atoms with Crippen molar-refractivity contribution in [2.24, 2.45) is 0 Å². The Hall–Kier alpha value is -4.50. The predicted octanol–water partition coefficient (Wildman–Crippen LogP) is 8.12. The van der Waals surface area contributed by atoms with Crippen LogP contribution in [0.1, 0.15) is 27.8 Å². The third kappa shape index (κ3) is 10.6. The molecule has 230 valence electrons. The number of carbonyl (C=O) groups is 1. The Balaban J connectivity index is 0.000000323. The fourth-order valence-electron chi connectivity index (χ4n) is 3.88. The summed E-state index contributed by atoms with van der Waals surface area (Å²) in [6.07, 6.45) is 3.06. The molecule has 0 radical (unpaired) electrons. The summed E-state index contributed by atoms with van der Waals surface area (Å²) in [5, 5.41) is 0.609. The molecule has 0 amide bonds. The van der Waals surface area contributed by atoms with E-state index in [9.17, 15) is 4.79 Å². The lowest BCUT2D eigenvalue weighted by molar-refractivity contribution is -0.107. The standard InChI is InChI=1S/C27H24N2O4.C7H5Cl3N2/c30-17-16-24-25(31-18-21-10-4-1-5-11-21)28-27(33-20-23-14-8-3-9-15-23)29-26(24)32-19-22-12-6-2-7-13-22;1-2-3-4-5(8)11-7(10)12-6(4)9/h1-15,17H,16,18-20H2;2H,1,3H2. The Morgan fingerprint density at radius 2 is 1.00 bits per heavy atom. The maximum absolute atomic E-state index is 11.4. The zero-order valence-corrected chi connectivity index (χ0v) is 26.4. The average molecular weight is 664 g/mol. The van der Waals surface area contributed by atoms with Crippen LogP contribution in [0.3, 0.4) is 0 Å². The zero-order chi connectivity index (χ0) is 31.9. The number of hydrogen-bond acceptors (Lipinski definition) is 8. The minimum absolute atomic E-state index is 0.0535. The largest absolute Gasteiger partial charge is 0.472 e. The molecular formula is C34H29Cl3N4O4. The quantitative estimate of drug-likeness (QED) is 0.0539. The third-order valence-electron chi connectivity index (χ3n) is 6.07. The number of nitrogens with zero attached hydrogens (tertiary/aromatic N) is 4. The summed E-state index contributed by atoms with van der Waals surface area (Å²) in [6.45, 7) is 4.43. The van der Waals surface area contributed by atoms with Crippen molar-refractivity contribution in [2.75, 3.05) is 0 Å². The number of allylic oxidation sites excluding steroid dienone is 1. The highest BCUT2D eigenvalue weighted by molar-refractivity contribution is 6.36. The van der Waals surface area contributed by atoms with Crippen LogP contribution < -0.4 is 14.2 Å². The van der Waals surface area contributed by atoms with E-state index >= 15 is 0 Å². The highest BCUT2D eigenvalue weighted by atomic mass is 35.5. The molecule has 0 aliphatic heterocycles. The Labute approximate surface area is 276 Å². The van der Waals surface area contributed by atoms with Gasteiger partial charge in [-0.05, 0) is 34.7 Å². The molecule has 2 heterocycles. The molecule has 11 heteroatoms. The van der Waals surface area contributed by atoms with Crippen LogP contribution in [0.15, 0.2) is 104 Å². The maximum atomic E-state index is 11.4. The Bertz CT molecular complexity index is 1590. The molecule has 2 aromatic heterocycles. The number of halogens is 3. The molecule has 0 unspecified atom stereocenters. The summed E-state index contributed by atoms with van der Waals surface area (Å²) >= 11 is 17.0. The van der Waals surface area contributed by atoms with Crippen LogP contribution in [-0.4, -0.2) is 26.2 Å². The number of benzene rings is 3. The lowest BCUT2D eigenvalue weighted by Gasteiger charge is -2.15. The zero-order valence-electron chi connectivity index (χ0n) is 24.1. The van der Waals surface area contributed by atoms with Gasteiger partial charge in [-0.25, -0.2) is 9.97 Å². The van der Waals surface area contributed by atoms with Gasteiger partial charge < -0.3 is 19.0 Å². The van der Waals surface area contributed by atoms with Crippen molar-refractivity contribution in [3.05, 3.63) is 147 Å². The summed E-state index contributed by atoms with van der Waals surface area (Å²) in [7, 11) is 0. The van der Waals surface area contributed by atoms with Gasteiger partial charge in [-0.1, -0.05) is 120 Å². The second kappa shape index (κ2) is 17.7. The van der Waals surface area contributed by atoms with Crippen molar-refractivity contribution >= 4 is 41.1 Å². The number of rotatable bonds is 13. The Morgan fingerprint density at radius 1 is 0.578 bits per heavy atom. The van der Waals surface area contributed by atoms with Crippen LogP contribution in [0.5, 0.6) is 17.8 Å². The minimum Gasteiger partial charge on any atom is -0.472 e. The summed E-state index contributed by atoms with van der Waals surface area (Å²) < 4.78 is 17.8. The van der Waals surface area contributed by atoms with Crippen molar-refractivity contribution in [2.45, 2.75) is 32.7 Å². The van der Waals surface area contributed by atoms with Crippen molar-refractivity contribution in [1.82, 2.24) is 19.9 Å². The molecule has 0 saturated heterocycles. The topological polar surface area (TPSA) is 96.3 Å². The van der Waals surface area contributed by atoms with E-state index in [1.54, 1.807) is 6.08 Å². The molecule has 3 aromatic carbocycles. The van der Waals surface area contributed by atoms with Gasteiger partial charge in [-0.2, -0.15) is 9.97 Å². The fourth-order valence-corrected chi connectivity index (χ4v) is 4.68. The van der Waals surface area contributed by atoms with E-state index in [1.165, 1.54) is 0 Å². The summed E-state index contributed by atoms with van der Waals surface area (Å²) in [6, 6.07) is 29.3. The van der Waals surface area contributed by atoms with E-state index in [2.05, 4.69) is 26.5 Å². The van der Waals surface area contributed by atoms with E-state index in [1.807, 2.05) is 91.0 Å².